The van der Waals surface area contributed by atoms with E-state index in [0.29, 0.717) is 20.0 Å². The molecule has 1 saturated heterocycles. The fourth-order valence-corrected chi connectivity index (χ4v) is 1.37. The molecular weight excluding hydrogens is 180 g/mol. The smallest absolute Gasteiger partial charge is 0.147 e. The van der Waals surface area contributed by atoms with Gasteiger partial charge in [-0.1, -0.05) is 18.2 Å². The molecule has 1 aliphatic rings. The van der Waals surface area contributed by atoms with E-state index in [1.165, 1.54) is 0 Å². The van der Waals surface area contributed by atoms with Crippen LogP contribution in [0.5, 0.6) is 5.75 Å². The highest BCUT2D eigenvalue weighted by Crippen LogP contribution is 2.17. The fraction of sp³-hybridized carbons (Fsp3) is 0.455. The Balaban J connectivity index is 1.88. The van der Waals surface area contributed by atoms with Crippen molar-refractivity contribution in [3.05, 3.63) is 29.8 Å². The van der Waals surface area contributed by atoms with Gasteiger partial charge in [-0.15, -0.1) is 0 Å². The Kier molecular flexibility index (Phi) is 3.01. The molecule has 0 aliphatic carbocycles. The molecule has 1 aromatic carbocycles. The molecule has 3 heteroatoms. The van der Waals surface area contributed by atoms with Gasteiger partial charge in [0, 0.05) is 0 Å². The third-order valence-corrected chi connectivity index (χ3v) is 2.21. The second kappa shape index (κ2) is 4.44. The molecule has 3 nitrogen and oxygen atoms in total. The maximum absolute atomic E-state index is 5.62. The Hall–Kier alpha value is -1.06. The van der Waals surface area contributed by atoms with Crippen molar-refractivity contribution < 1.29 is 14.2 Å². The second-order valence-electron chi connectivity index (χ2n) is 3.35. The number of ether oxygens (including phenoxy) is 3. The van der Waals surface area contributed by atoms with E-state index in [-0.39, 0.29) is 6.10 Å². The first-order chi connectivity index (χ1) is 6.86. The lowest BCUT2D eigenvalue weighted by Gasteiger charge is -2.11. The van der Waals surface area contributed by atoms with Gasteiger partial charge < -0.3 is 14.2 Å². The summed E-state index contributed by atoms with van der Waals surface area (Å²) in [5.74, 6) is 0.919. The van der Waals surface area contributed by atoms with E-state index in [1.54, 1.807) is 0 Å². The molecule has 1 atom stereocenters. The van der Waals surface area contributed by atoms with Crippen LogP contribution in [-0.2, 0) is 9.47 Å². The number of benzene rings is 1. The summed E-state index contributed by atoms with van der Waals surface area (Å²) in [7, 11) is 0. The van der Waals surface area contributed by atoms with Gasteiger partial charge in [-0.3, -0.25) is 0 Å². The zero-order valence-corrected chi connectivity index (χ0v) is 8.23. The van der Waals surface area contributed by atoms with Crippen LogP contribution >= 0.6 is 0 Å². The summed E-state index contributed by atoms with van der Waals surface area (Å²) in [5.41, 5.74) is 1.14. The summed E-state index contributed by atoms with van der Waals surface area (Å²) in [6.07, 6.45) is 0.0783. The molecule has 2 rings (SSSR count). The summed E-state index contributed by atoms with van der Waals surface area (Å²) >= 11 is 0. The minimum absolute atomic E-state index is 0.0783. The molecule has 1 aromatic rings. The Morgan fingerprint density at radius 3 is 3.00 bits per heavy atom. The molecule has 1 unspecified atom stereocenters. The summed E-state index contributed by atoms with van der Waals surface area (Å²) in [4.78, 5) is 0. The lowest BCUT2D eigenvalue weighted by Crippen LogP contribution is -2.19. The Labute approximate surface area is 83.6 Å². The van der Waals surface area contributed by atoms with Gasteiger partial charge in [0.2, 0.25) is 0 Å². The third kappa shape index (κ3) is 2.25. The summed E-state index contributed by atoms with van der Waals surface area (Å²) in [5, 5.41) is 0. The first-order valence-electron chi connectivity index (χ1n) is 4.74. The number of hydrogen-bond acceptors (Lipinski definition) is 3. The molecule has 76 valence electrons. The second-order valence-corrected chi connectivity index (χ2v) is 3.35. The van der Waals surface area contributed by atoms with Crippen LogP contribution in [-0.4, -0.2) is 26.1 Å². The van der Waals surface area contributed by atoms with Gasteiger partial charge in [0.25, 0.3) is 0 Å². The largest absolute Gasteiger partial charge is 0.491 e. The molecule has 0 N–H and O–H groups in total. The van der Waals surface area contributed by atoms with Gasteiger partial charge in [0.15, 0.2) is 0 Å². The van der Waals surface area contributed by atoms with Crippen molar-refractivity contribution in [3.8, 4) is 5.75 Å². The molecule has 0 aromatic heterocycles. The average Bonchev–Trinajstić information content (AvgIpc) is 2.69. The van der Waals surface area contributed by atoms with Crippen LogP contribution in [0.25, 0.3) is 0 Å². The lowest BCUT2D eigenvalue weighted by molar-refractivity contribution is 0.0319. The number of para-hydroxylation sites is 1. The Morgan fingerprint density at radius 2 is 2.29 bits per heavy atom. The van der Waals surface area contributed by atoms with Gasteiger partial charge in [0.05, 0.1) is 6.61 Å². The van der Waals surface area contributed by atoms with Crippen LogP contribution in [0.2, 0.25) is 0 Å². The van der Waals surface area contributed by atoms with E-state index in [4.69, 9.17) is 14.2 Å². The molecule has 0 bridgehead atoms. The number of hydrogen-bond donors (Lipinski definition) is 0. The Morgan fingerprint density at radius 1 is 1.43 bits per heavy atom. The molecule has 1 heterocycles. The molecular formula is C11H14O3. The number of aryl methyl sites for hydroxylation is 1. The van der Waals surface area contributed by atoms with Gasteiger partial charge in [-0.2, -0.15) is 0 Å². The zero-order chi connectivity index (χ0) is 9.80. The molecule has 1 aliphatic heterocycles. The van der Waals surface area contributed by atoms with Crippen LogP contribution in [0.15, 0.2) is 24.3 Å². The van der Waals surface area contributed by atoms with Gasteiger partial charge >= 0.3 is 0 Å². The van der Waals surface area contributed by atoms with Crippen molar-refractivity contribution in [2.24, 2.45) is 0 Å². The quantitative estimate of drug-likeness (QED) is 0.733. The van der Waals surface area contributed by atoms with Crippen molar-refractivity contribution >= 4 is 0 Å². The summed E-state index contributed by atoms with van der Waals surface area (Å²) < 4.78 is 16.0. The summed E-state index contributed by atoms with van der Waals surface area (Å²) in [6, 6.07) is 7.96. The molecule has 1 fully saturated rings. The highest BCUT2D eigenvalue weighted by atomic mass is 16.7. The first kappa shape index (κ1) is 9.49. The fourth-order valence-electron chi connectivity index (χ4n) is 1.37. The van der Waals surface area contributed by atoms with Crippen LogP contribution < -0.4 is 4.74 Å². The van der Waals surface area contributed by atoms with Crippen LogP contribution in [0, 0.1) is 6.92 Å². The van der Waals surface area contributed by atoms with Gasteiger partial charge in [-0.25, -0.2) is 0 Å². The van der Waals surface area contributed by atoms with E-state index in [1.807, 2.05) is 31.2 Å². The third-order valence-electron chi connectivity index (χ3n) is 2.21. The van der Waals surface area contributed by atoms with Gasteiger partial charge in [0.1, 0.15) is 25.3 Å². The highest BCUT2D eigenvalue weighted by Gasteiger charge is 2.16. The molecule has 14 heavy (non-hydrogen) atoms. The maximum Gasteiger partial charge on any atom is 0.147 e. The topological polar surface area (TPSA) is 27.7 Å². The maximum atomic E-state index is 5.62. The van der Waals surface area contributed by atoms with Crippen molar-refractivity contribution in [3.63, 3.8) is 0 Å². The van der Waals surface area contributed by atoms with Crippen LogP contribution in [0.4, 0.5) is 0 Å². The minimum Gasteiger partial charge on any atom is -0.491 e. The normalized spacial score (nSPS) is 21.1. The minimum atomic E-state index is 0.0783. The highest BCUT2D eigenvalue weighted by molar-refractivity contribution is 5.31. The van der Waals surface area contributed by atoms with Crippen molar-refractivity contribution in [2.75, 3.05) is 20.0 Å². The predicted molar refractivity (Wildman–Crippen MR) is 52.4 cm³/mol. The number of rotatable bonds is 3. The van der Waals surface area contributed by atoms with Crippen LogP contribution in [0.3, 0.4) is 0 Å². The first-order valence-corrected chi connectivity index (χ1v) is 4.74. The van der Waals surface area contributed by atoms with E-state index < -0.39 is 0 Å². The van der Waals surface area contributed by atoms with Crippen molar-refractivity contribution in [1.29, 1.82) is 0 Å². The summed E-state index contributed by atoms with van der Waals surface area (Å²) in [6.45, 7) is 3.61. The average molecular weight is 194 g/mol. The molecule has 0 amide bonds. The molecule has 0 saturated carbocycles. The van der Waals surface area contributed by atoms with E-state index >= 15 is 0 Å². The molecule has 0 radical (unpaired) electrons. The SMILES string of the molecule is Cc1ccccc1OCC1COCO1. The van der Waals surface area contributed by atoms with E-state index in [9.17, 15) is 0 Å². The van der Waals surface area contributed by atoms with Crippen LogP contribution in [0.1, 0.15) is 5.56 Å². The zero-order valence-electron chi connectivity index (χ0n) is 8.23. The lowest BCUT2D eigenvalue weighted by atomic mass is 10.2. The van der Waals surface area contributed by atoms with Gasteiger partial charge in [-0.05, 0) is 18.6 Å². The van der Waals surface area contributed by atoms with E-state index in [0.717, 1.165) is 11.3 Å². The van der Waals surface area contributed by atoms with E-state index in [2.05, 4.69) is 0 Å². The predicted octanol–water partition coefficient (Wildman–Crippen LogP) is 1.75. The Bertz CT molecular complexity index is 292. The monoisotopic (exact) mass is 194 g/mol. The molecule has 0 spiro atoms. The van der Waals surface area contributed by atoms with Crippen molar-refractivity contribution in [2.45, 2.75) is 13.0 Å². The standard InChI is InChI=1S/C11H14O3/c1-9-4-2-3-5-11(9)13-7-10-6-12-8-14-10/h2-5,10H,6-8H2,1H3. The van der Waals surface area contributed by atoms with Crippen molar-refractivity contribution in [1.82, 2.24) is 0 Å².